The van der Waals surface area contributed by atoms with Crippen LogP contribution in [-0.4, -0.2) is 43.4 Å². The molecule has 1 aromatic carbocycles. The van der Waals surface area contributed by atoms with E-state index in [4.69, 9.17) is 11.6 Å². The monoisotopic (exact) mass is 359 g/mol. The number of carbonyl (C=O) groups excluding carboxylic acids is 2. The summed E-state index contributed by atoms with van der Waals surface area (Å²) in [5, 5.41) is 6.07. The van der Waals surface area contributed by atoms with Gasteiger partial charge < -0.3 is 15.5 Å². The summed E-state index contributed by atoms with van der Waals surface area (Å²) in [7, 11) is 1.80. The Hall–Kier alpha value is -1.30. The molecule has 1 aliphatic rings. The van der Waals surface area contributed by atoms with Crippen LogP contribution in [0, 0.1) is 0 Å². The number of carbonyl (C=O) groups is 2. The normalized spacial score (nSPS) is 14.1. The number of anilines is 1. The molecule has 1 heterocycles. The molecule has 1 saturated heterocycles. The lowest BCUT2D eigenvalue weighted by atomic mass is 10.1. The van der Waals surface area contributed by atoms with E-state index >= 15 is 0 Å². The fourth-order valence-corrected chi connectivity index (χ4v) is 2.76. The summed E-state index contributed by atoms with van der Waals surface area (Å²) in [6.45, 7) is 2.19. The number of amides is 2. The van der Waals surface area contributed by atoms with Gasteiger partial charge in [0.1, 0.15) is 0 Å². The first-order valence-electron chi connectivity index (χ1n) is 7.65. The SMILES string of the molecule is CNCCC(=O)Nc1ccc(C(=O)N2CCCCC2)c(Cl)c1.Cl. The Balaban J connectivity index is 0.00000264. The summed E-state index contributed by atoms with van der Waals surface area (Å²) < 4.78 is 0. The lowest BCUT2D eigenvalue weighted by molar-refractivity contribution is -0.116. The van der Waals surface area contributed by atoms with E-state index in [0.717, 1.165) is 25.9 Å². The molecule has 0 saturated carbocycles. The molecule has 2 amide bonds. The van der Waals surface area contributed by atoms with Gasteiger partial charge in [0.25, 0.3) is 5.91 Å². The van der Waals surface area contributed by atoms with Gasteiger partial charge in [-0.1, -0.05) is 11.6 Å². The van der Waals surface area contributed by atoms with Gasteiger partial charge in [0, 0.05) is 31.7 Å². The van der Waals surface area contributed by atoms with Crippen LogP contribution in [-0.2, 0) is 4.79 Å². The largest absolute Gasteiger partial charge is 0.339 e. The maximum Gasteiger partial charge on any atom is 0.255 e. The molecule has 5 nitrogen and oxygen atoms in total. The standard InChI is InChI=1S/C16H22ClN3O2.ClH/c1-18-8-7-15(21)19-12-5-6-13(14(17)11-12)16(22)20-9-3-2-4-10-20;/h5-6,11,18H,2-4,7-10H2,1H3,(H,19,21);1H. The first-order chi connectivity index (χ1) is 10.6. The van der Waals surface area contributed by atoms with Crippen LogP contribution in [0.15, 0.2) is 18.2 Å². The molecule has 1 aromatic rings. The molecule has 0 radical (unpaired) electrons. The zero-order chi connectivity index (χ0) is 15.9. The maximum absolute atomic E-state index is 12.4. The van der Waals surface area contributed by atoms with Crippen LogP contribution >= 0.6 is 24.0 Å². The van der Waals surface area contributed by atoms with Gasteiger partial charge in [0.2, 0.25) is 5.91 Å². The predicted octanol–water partition coefficient (Wildman–Crippen LogP) is 2.94. The second-order valence-corrected chi connectivity index (χ2v) is 5.86. The van der Waals surface area contributed by atoms with E-state index in [9.17, 15) is 9.59 Å². The Kier molecular flexibility index (Phi) is 8.37. The van der Waals surface area contributed by atoms with Gasteiger partial charge in [0.15, 0.2) is 0 Å². The molecule has 2 rings (SSSR count). The predicted molar refractivity (Wildman–Crippen MR) is 95.6 cm³/mol. The van der Waals surface area contributed by atoms with Crippen LogP contribution < -0.4 is 10.6 Å². The fraction of sp³-hybridized carbons (Fsp3) is 0.500. The minimum Gasteiger partial charge on any atom is -0.339 e. The third-order valence-corrected chi connectivity index (χ3v) is 4.04. The maximum atomic E-state index is 12.4. The average molecular weight is 360 g/mol. The van der Waals surface area contributed by atoms with E-state index in [1.807, 2.05) is 4.90 Å². The number of rotatable bonds is 5. The zero-order valence-corrected chi connectivity index (χ0v) is 14.8. The molecular weight excluding hydrogens is 337 g/mol. The van der Waals surface area contributed by atoms with Crippen molar-refractivity contribution in [2.75, 3.05) is 32.0 Å². The molecule has 128 valence electrons. The zero-order valence-electron chi connectivity index (χ0n) is 13.2. The first kappa shape index (κ1) is 19.7. The number of likely N-dealkylation sites (tertiary alicyclic amines) is 1. The minimum absolute atomic E-state index is 0. The van der Waals surface area contributed by atoms with Crippen molar-refractivity contribution in [3.05, 3.63) is 28.8 Å². The first-order valence-corrected chi connectivity index (χ1v) is 8.03. The number of benzene rings is 1. The highest BCUT2D eigenvalue weighted by atomic mass is 35.5. The Morgan fingerprint density at radius 1 is 1.22 bits per heavy atom. The summed E-state index contributed by atoms with van der Waals surface area (Å²) in [5.41, 5.74) is 1.11. The van der Waals surface area contributed by atoms with Crippen molar-refractivity contribution in [2.45, 2.75) is 25.7 Å². The van der Waals surface area contributed by atoms with Gasteiger partial charge in [-0.2, -0.15) is 0 Å². The van der Waals surface area contributed by atoms with Crippen LogP contribution in [0.5, 0.6) is 0 Å². The summed E-state index contributed by atoms with van der Waals surface area (Å²) in [6.07, 6.45) is 3.66. The van der Waals surface area contributed by atoms with Crippen molar-refractivity contribution in [1.82, 2.24) is 10.2 Å². The van der Waals surface area contributed by atoms with Crippen molar-refractivity contribution in [3.8, 4) is 0 Å². The van der Waals surface area contributed by atoms with Gasteiger partial charge in [-0.05, 0) is 44.5 Å². The van der Waals surface area contributed by atoms with Crippen LogP contribution in [0.25, 0.3) is 0 Å². The van der Waals surface area contributed by atoms with Crippen molar-refractivity contribution in [3.63, 3.8) is 0 Å². The summed E-state index contributed by atoms with van der Waals surface area (Å²) >= 11 is 6.22. The highest BCUT2D eigenvalue weighted by molar-refractivity contribution is 6.34. The van der Waals surface area contributed by atoms with Crippen LogP contribution in [0.1, 0.15) is 36.0 Å². The molecule has 23 heavy (non-hydrogen) atoms. The van der Waals surface area contributed by atoms with Crippen molar-refractivity contribution in [2.24, 2.45) is 0 Å². The van der Waals surface area contributed by atoms with Crippen molar-refractivity contribution >= 4 is 41.5 Å². The van der Waals surface area contributed by atoms with E-state index in [1.165, 1.54) is 6.42 Å². The summed E-state index contributed by atoms with van der Waals surface area (Å²) in [4.78, 5) is 26.0. The van der Waals surface area contributed by atoms with Crippen molar-refractivity contribution in [1.29, 1.82) is 0 Å². The summed E-state index contributed by atoms with van der Waals surface area (Å²) in [6, 6.07) is 5.04. The molecule has 0 unspecified atom stereocenters. The summed E-state index contributed by atoms with van der Waals surface area (Å²) in [5.74, 6) is -0.113. The molecule has 0 aromatic heterocycles. The minimum atomic E-state index is -0.0828. The van der Waals surface area contributed by atoms with Gasteiger partial charge in [-0.15, -0.1) is 12.4 Å². The van der Waals surface area contributed by atoms with Gasteiger partial charge in [-0.25, -0.2) is 0 Å². The van der Waals surface area contributed by atoms with E-state index in [-0.39, 0.29) is 24.2 Å². The van der Waals surface area contributed by atoms with E-state index < -0.39 is 0 Å². The number of halogens is 2. The molecule has 7 heteroatoms. The lowest BCUT2D eigenvalue weighted by Crippen LogP contribution is -2.35. The van der Waals surface area contributed by atoms with Crippen LogP contribution in [0.3, 0.4) is 0 Å². The molecule has 0 aliphatic carbocycles. The van der Waals surface area contributed by atoms with Gasteiger partial charge >= 0.3 is 0 Å². The molecule has 0 atom stereocenters. The molecule has 1 fully saturated rings. The number of nitrogens with one attached hydrogen (secondary N) is 2. The second kappa shape index (κ2) is 9.75. The van der Waals surface area contributed by atoms with Crippen LogP contribution in [0.4, 0.5) is 5.69 Å². The third kappa shape index (κ3) is 5.68. The highest BCUT2D eigenvalue weighted by Crippen LogP contribution is 2.24. The Labute approximate surface area is 148 Å². The number of hydrogen-bond acceptors (Lipinski definition) is 3. The number of hydrogen-bond donors (Lipinski definition) is 2. The molecule has 0 spiro atoms. The number of nitrogens with zero attached hydrogens (tertiary/aromatic N) is 1. The van der Waals surface area contributed by atoms with Crippen molar-refractivity contribution < 1.29 is 9.59 Å². The Morgan fingerprint density at radius 3 is 2.52 bits per heavy atom. The third-order valence-electron chi connectivity index (χ3n) is 3.73. The number of piperidine rings is 1. The smallest absolute Gasteiger partial charge is 0.255 e. The highest BCUT2D eigenvalue weighted by Gasteiger charge is 2.20. The van der Waals surface area contributed by atoms with E-state index in [1.54, 1.807) is 25.2 Å². The fourth-order valence-electron chi connectivity index (χ4n) is 2.50. The van der Waals surface area contributed by atoms with Gasteiger partial charge in [-0.3, -0.25) is 9.59 Å². The van der Waals surface area contributed by atoms with Gasteiger partial charge in [0.05, 0.1) is 10.6 Å². The molecule has 1 aliphatic heterocycles. The second-order valence-electron chi connectivity index (χ2n) is 5.45. The van der Waals surface area contributed by atoms with E-state index in [0.29, 0.717) is 29.2 Å². The molecule has 0 bridgehead atoms. The Bertz CT molecular complexity index is 546. The lowest BCUT2D eigenvalue weighted by Gasteiger charge is -2.27. The quantitative estimate of drug-likeness (QED) is 0.849. The molecular formula is C16H23Cl2N3O2. The average Bonchev–Trinajstić information content (AvgIpc) is 2.53. The Morgan fingerprint density at radius 2 is 1.91 bits per heavy atom. The topological polar surface area (TPSA) is 61.4 Å². The molecule has 2 N–H and O–H groups in total. The van der Waals surface area contributed by atoms with Crippen LogP contribution in [0.2, 0.25) is 5.02 Å². The van der Waals surface area contributed by atoms with E-state index in [2.05, 4.69) is 10.6 Å².